The number of halogens is 1. The molecule has 0 saturated carbocycles. The summed E-state index contributed by atoms with van der Waals surface area (Å²) in [6.07, 6.45) is 2.25. The fourth-order valence-corrected chi connectivity index (χ4v) is 7.11. The van der Waals surface area contributed by atoms with Gasteiger partial charge in [-0.1, -0.05) is 60.7 Å². The maximum absolute atomic E-state index is 13.0. The van der Waals surface area contributed by atoms with Crippen molar-refractivity contribution in [3.63, 3.8) is 0 Å². The predicted octanol–water partition coefficient (Wildman–Crippen LogP) is 7.36. The summed E-state index contributed by atoms with van der Waals surface area (Å²) in [6, 6.07) is 35.1. The van der Waals surface area contributed by atoms with Crippen LogP contribution in [0, 0.1) is 3.57 Å². The first kappa shape index (κ1) is 29.9. The number of carbonyl (C=O) groups is 1. The molecule has 1 aliphatic heterocycles. The van der Waals surface area contributed by atoms with E-state index in [1.165, 1.54) is 22.3 Å². The molecule has 45 heavy (non-hydrogen) atoms. The highest BCUT2D eigenvalue weighted by Gasteiger charge is 2.29. The summed E-state index contributed by atoms with van der Waals surface area (Å²) in [4.78, 5) is 18.1. The summed E-state index contributed by atoms with van der Waals surface area (Å²) in [5.41, 5.74) is 6.86. The topological polar surface area (TPSA) is 46.9 Å². The monoisotopic (exact) mass is 711 g/mol. The molecule has 4 aromatic carbocycles. The lowest BCUT2D eigenvalue weighted by atomic mass is 9.93. The Morgan fingerprint density at radius 3 is 2.29 bits per heavy atom. The molecule has 230 valence electrons. The van der Waals surface area contributed by atoms with Gasteiger partial charge in [-0.05, 0) is 89.0 Å². The quantitative estimate of drug-likeness (QED) is 0.118. The zero-order valence-electron chi connectivity index (χ0n) is 25.4. The van der Waals surface area contributed by atoms with Crippen molar-refractivity contribution in [2.24, 2.45) is 0 Å². The van der Waals surface area contributed by atoms with Crippen LogP contribution in [0.2, 0.25) is 0 Å². The molecular weight excluding hydrogens is 673 g/mol. The largest absolute Gasteiger partial charge is 0.487 e. The zero-order valence-corrected chi connectivity index (χ0v) is 27.6. The smallest absolute Gasteiger partial charge is 0.338 e. The Labute approximate surface area is 278 Å². The molecule has 1 saturated heterocycles. The number of fused-ring (bicyclic) bond motifs is 3. The lowest BCUT2D eigenvalue weighted by Gasteiger charge is -2.36. The van der Waals surface area contributed by atoms with Gasteiger partial charge in [0, 0.05) is 66.0 Å². The minimum atomic E-state index is -0.245. The first-order valence-corrected chi connectivity index (χ1v) is 17.0. The lowest BCUT2D eigenvalue weighted by molar-refractivity contribution is 0.0269. The van der Waals surface area contributed by atoms with Crippen molar-refractivity contribution >= 4 is 45.2 Å². The van der Waals surface area contributed by atoms with Gasteiger partial charge in [0.2, 0.25) is 0 Å². The van der Waals surface area contributed by atoms with E-state index in [0.717, 1.165) is 72.5 Å². The fraction of sp³-hybridized carbons (Fsp3) is 0.289. The van der Waals surface area contributed by atoms with Crippen LogP contribution in [0.5, 0.6) is 5.75 Å². The standard InChI is InChI=1S/C38H38IN3O3/c39-30-16-14-29(15-17-30)38(43)45-32-18-19-35-34(26-32)33-12-7-13-36(44-27-28-8-3-1-4-9-28)37(33)42(35)25-22-40-20-23-41(24-21-40)31-10-5-2-6-11-31/h1-17,32H,18-27H2. The molecule has 1 fully saturated rings. The number of para-hydroxylation sites is 2. The van der Waals surface area contributed by atoms with Gasteiger partial charge in [-0.15, -0.1) is 0 Å². The van der Waals surface area contributed by atoms with Gasteiger partial charge in [0.05, 0.1) is 11.1 Å². The summed E-state index contributed by atoms with van der Waals surface area (Å²) >= 11 is 2.25. The van der Waals surface area contributed by atoms with Gasteiger partial charge in [-0.3, -0.25) is 4.90 Å². The Morgan fingerprint density at radius 1 is 0.800 bits per heavy atom. The molecule has 0 spiro atoms. The van der Waals surface area contributed by atoms with Crippen molar-refractivity contribution in [2.75, 3.05) is 37.6 Å². The third kappa shape index (κ3) is 6.75. The van der Waals surface area contributed by atoms with Crippen molar-refractivity contribution in [3.8, 4) is 5.75 Å². The highest BCUT2D eigenvalue weighted by atomic mass is 127. The number of esters is 1. The highest BCUT2D eigenvalue weighted by Crippen LogP contribution is 2.38. The van der Waals surface area contributed by atoms with Crippen LogP contribution in [0.25, 0.3) is 10.9 Å². The van der Waals surface area contributed by atoms with Crippen LogP contribution in [0.1, 0.15) is 33.6 Å². The molecule has 1 aromatic heterocycles. The Morgan fingerprint density at radius 2 is 1.53 bits per heavy atom. The van der Waals surface area contributed by atoms with E-state index in [9.17, 15) is 4.79 Å². The van der Waals surface area contributed by atoms with Crippen molar-refractivity contribution in [3.05, 3.63) is 129 Å². The maximum Gasteiger partial charge on any atom is 0.338 e. The molecule has 0 N–H and O–H groups in total. The van der Waals surface area contributed by atoms with Crippen LogP contribution in [0.4, 0.5) is 5.69 Å². The van der Waals surface area contributed by atoms with E-state index in [1.54, 1.807) is 0 Å². The molecule has 0 amide bonds. The average molecular weight is 712 g/mol. The van der Waals surface area contributed by atoms with E-state index in [2.05, 4.69) is 110 Å². The lowest BCUT2D eigenvalue weighted by Crippen LogP contribution is -2.47. The van der Waals surface area contributed by atoms with Crippen LogP contribution in [-0.4, -0.2) is 54.3 Å². The number of hydrogen-bond acceptors (Lipinski definition) is 5. The van der Waals surface area contributed by atoms with Crippen molar-refractivity contribution in [1.82, 2.24) is 9.47 Å². The van der Waals surface area contributed by atoms with E-state index < -0.39 is 0 Å². The molecule has 2 heterocycles. The first-order chi connectivity index (χ1) is 22.1. The Bertz CT molecular complexity index is 1750. The van der Waals surface area contributed by atoms with Crippen molar-refractivity contribution in [1.29, 1.82) is 0 Å². The molecule has 0 bridgehead atoms. The molecule has 7 heteroatoms. The summed E-state index contributed by atoms with van der Waals surface area (Å²) in [5.74, 6) is 0.664. The second kappa shape index (κ2) is 13.7. The summed E-state index contributed by atoms with van der Waals surface area (Å²) in [6.45, 7) is 6.57. The van der Waals surface area contributed by atoms with Crippen molar-refractivity contribution < 1.29 is 14.3 Å². The molecule has 1 aliphatic carbocycles. The molecular formula is C38H38IN3O3. The van der Waals surface area contributed by atoms with E-state index >= 15 is 0 Å². The number of nitrogens with zero attached hydrogens (tertiary/aromatic N) is 3. The Hall–Kier alpha value is -3.82. The van der Waals surface area contributed by atoms with Crippen LogP contribution in [-0.2, 0) is 30.7 Å². The summed E-state index contributed by atoms with van der Waals surface area (Å²) in [5, 5.41) is 1.21. The van der Waals surface area contributed by atoms with E-state index in [1.807, 2.05) is 30.3 Å². The third-order valence-electron chi connectivity index (χ3n) is 9.13. The van der Waals surface area contributed by atoms with Crippen LogP contribution in [0.3, 0.4) is 0 Å². The SMILES string of the molecule is O=C(OC1CCc2c(c3cccc(OCc4ccccc4)c3n2CCN2CCN(c3ccccc3)CC2)C1)c1ccc(I)cc1. The van der Waals surface area contributed by atoms with Gasteiger partial charge in [0.15, 0.2) is 0 Å². The molecule has 1 atom stereocenters. The predicted molar refractivity (Wildman–Crippen MR) is 188 cm³/mol. The first-order valence-electron chi connectivity index (χ1n) is 15.9. The Kier molecular flexibility index (Phi) is 9.07. The number of rotatable bonds is 9. The number of benzene rings is 4. The second-order valence-corrected chi connectivity index (χ2v) is 13.2. The number of aromatic nitrogens is 1. The van der Waals surface area contributed by atoms with Gasteiger partial charge in [-0.2, -0.15) is 0 Å². The Balaban J connectivity index is 1.12. The van der Waals surface area contributed by atoms with E-state index in [-0.39, 0.29) is 12.1 Å². The number of anilines is 1. The van der Waals surface area contributed by atoms with Gasteiger partial charge >= 0.3 is 5.97 Å². The maximum atomic E-state index is 13.0. The second-order valence-electron chi connectivity index (χ2n) is 11.9. The van der Waals surface area contributed by atoms with Crippen molar-refractivity contribution in [2.45, 2.75) is 38.5 Å². The van der Waals surface area contributed by atoms with E-state index in [4.69, 9.17) is 9.47 Å². The van der Waals surface area contributed by atoms with Gasteiger partial charge < -0.3 is 18.9 Å². The summed E-state index contributed by atoms with van der Waals surface area (Å²) < 4.78 is 16.2. The average Bonchev–Trinajstić information content (AvgIpc) is 3.41. The van der Waals surface area contributed by atoms with Gasteiger partial charge in [-0.25, -0.2) is 4.79 Å². The number of carbonyl (C=O) groups excluding carboxylic acids is 1. The van der Waals surface area contributed by atoms with Crippen LogP contribution >= 0.6 is 22.6 Å². The molecule has 7 rings (SSSR count). The number of piperazine rings is 1. The fourth-order valence-electron chi connectivity index (χ4n) is 6.75. The molecule has 0 radical (unpaired) electrons. The zero-order chi connectivity index (χ0) is 30.6. The van der Waals surface area contributed by atoms with E-state index in [0.29, 0.717) is 18.6 Å². The normalized spacial score (nSPS) is 16.8. The van der Waals surface area contributed by atoms with Gasteiger partial charge in [0.1, 0.15) is 18.5 Å². The molecule has 1 unspecified atom stereocenters. The highest BCUT2D eigenvalue weighted by molar-refractivity contribution is 14.1. The minimum absolute atomic E-state index is 0.150. The minimum Gasteiger partial charge on any atom is -0.487 e. The third-order valence-corrected chi connectivity index (χ3v) is 9.85. The molecule has 6 nitrogen and oxygen atoms in total. The number of hydrogen-bond donors (Lipinski definition) is 0. The van der Waals surface area contributed by atoms with Crippen LogP contribution in [0.15, 0.2) is 103 Å². The van der Waals surface area contributed by atoms with Crippen LogP contribution < -0.4 is 9.64 Å². The number of ether oxygens (including phenoxy) is 2. The summed E-state index contributed by atoms with van der Waals surface area (Å²) in [7, 11) is 0. The van der Waals surface area contributed by atoms with Gasteiger partial charge in [0.25, 0.3) is 0 Å². The molecule has 2 aliphatic rings. The molecule has 5 aromatic rings.